The van der Waals surface area contributed by atoms with Gasteiger partial charge in [0.15, 0.2) is 0 Å². The maximum Gasteiger partial charge on any atom is 0.326 e. The number of nitrogens with one attached hydrogen (secondary N) is 2. The summed E-state index contributed by atoms with van der Waals surface area (Å²) in [5, 5.41) is 14.9. The number of anilines is 1. The van der Waals surface area contributed by atoms with E-state index in [0.717, 1.165) is 32.1 Å². The number of carbonyl (C=O) groups is 2. The highest BCUT2D eigenvalue weighted by atomic mass is 16.4. The lowest BCUT2D eigenvalue weighted by Gasteiger charge is -2.27. The van der Waals surface area contributed by atoms with Gasteiger partial charge in [-0.25, -0.2) is 14.8 Å². The summed E-state index contributed by atoms with van der Waals surface area (Å²) < 4.78 is 0. The van der Waals surface area contributed by atoms with Gasteiger partial charge < -0.3 is 15.7 Å². The van der Waals surface area contributed by atoms with E-state index in [9.17, 15) is 14.7 Å². The van der Waals surface area contributed by atoms with Gasteiger partial charge in [-0.1, -0.05) is 19.3 Å². The van der Waals surface area contributed by atoms with Gasteiger partial charge in [0.05, 0.1) is 5.56 Å². The van der Waals surface area contributed by atoms with Crippen molar-refractivity contribution in [2.24, 2.45) is 5.92 Å². The summed E-state index contributed by atoms with van der Waals surface area (Å²) in [7, 11) is 0. The summed E-state index contributed by atoms with van der Waals surface area (Å²) in [6, 6.07) is -0.846. The highest BCUT2D eigenvalue weighted by Crippen LogP contribution is 2.26. The number of hydrogen-bond donors (Lipinski definition) is 3. The Morgan fingerprint density at radius 3 is 2.45 bits per heavy atom. The van der Waals surface area contributed by atoms with Gasteiger partial charge >= 0.3 is 5.97 Å². The fourth-order valence-corrected chi connectivity index (χ4v) is 2.77. The van der Waals surface area contributed by atoms with E-state index in [2.05, 4.69) is 20.6 Å². The van der Waals surface area contributed by atoms with E-state index in [1.165, 1.54) is 12.4 Å². The second-order valence-corrected chi connectivity index (χ2v) is 5.51. The van der Waals surface area contributed by atoms with Gasteiger partial charge in [-0.05, 0) is 25.7 Å². The van der Waals surface area contributed by atoms with Crippen molar-refractivity contribution >= 4 is 17.8 Å². The van der Waals surface area contributed by atoms with Crippen molar-refractivity contribution < 1.29 is 14.7 Å². The smallest absolute Gasteiger partial charge is 0.326 e. The van der Waals surface area contributed by atoms with Crippen molar-refractivity contribution in [3.8, 4) is 0 Å². The van der Waals surface area contributed by atoms with Crippen molar-refractivity contribution in [1.29, 1.82) is 0 Å². The molecule has 1 aliphatic carbocycles. The van der Waals surface area contributed by atoms with Crippen LogP contribution in [-0.4, -0.2) is 39.5 Å². The van der Waals surface area contributed by atoms with Gasteiger partial charge in [0.2, 0.25) is 5.95 Å². The first-order valence-electron chi connectivity index (χ1n) is 7.71. The molecule has 1 heterocycles. The fraction of sp³-hybridized carbons (Fsp3) is 0.600. The molecule has 22 heavy (non-hydrogen) atoms. The van der Waals surface area contributed by atoms with Crippen LogP contribution in [0.4, 0.5) is 5.95 Å². The molecule has 1 fully saturated rings. The Hall–Kier alpha value is -2.18. The van der Waals surface area contributed by atoms with Crippen LogP contribution in [0.25, 0.3) is 0 Å². The molecule has 0 aromatic carbocycles. The van der Waals surface area contributed by atoms with E-state index in [-0.39, 0.29) is 11.5 Å². The Balaban J connectivity index is 2.02. The highest BCUT2D eigenvalue weighted by Gasteiger charge is 2.31. The maximum absolute atomic E-state index is 12.2. The Labute approximate surface area is 129 Å². The SMILES string of the molecule is CCNc1ncc(C(=O)N[C@H](C(=O)O)C2CCCCC2)cn1. The van der Waals surface area contributed by atoms with Crippen LogP contribution in [0.3, 0.4) is 0 Å². The largest absolute Gasteiger partial charge is 0.480 e. The molecule has 3 N–H and O–H groups in total. The average molecular weight is 306 g/mol. The number of rotatable bonds is 6. The summed E-state index contributed by atoms with van der Waals surface area (Å²) in [5.74, 6) is -0.982. The van der Waals surface area contributed by atoms with Gasteiger partial charge in [-0.3, -0.25) is 4.79 Å². The van der Waals surface area contributed by atoms with Crippen LogP contribution in [0, 0.1) is 5.92 Å². The standard InChI is InChI=1S/C15H22N4O3/c1-2-16-15-17-8-11(9-18-15)13(20)19-12(14(21)22)10-6-4-3-5-7-10/h8-10,12H,2-7H2,1H3,(H,19,20)(H,21,22)(H,16,17,18)/t12-/m0/s1. The van der Waals surface area contributed by atoms with Crippen LogP contribution in [0.1, 0.15) is 49.4 Å². The summed E-state index contributed by atoms with van der Waals surface area (Å²) in [6.07, 6.45) is 7.66. The third kappa shape index (κ3) is 4.16. The molecule has 1 saturated carbocycles. The zero-order valence-corrected chi connectivity index (χ0v) is 12.7. The first-order valence-corrected chi connectivity index (χ1v) is 7.71. The molecule has 0 radical (unpaired) electrons. The monoisotopic (exact) mass is 306 g/mol. The lowest BCUT2D eigenvalue weighted by atomic mass is 9.84. The van der Waals surface area contributed by atoms with E-state index in [1.807, 2.05) is 6.92 Å². The number of carbonyl (C=O) groups excluding carboxylic acids is 1. The topological polar surface area (TPSA) is 104 Å². The summed E-state index contributed by atoms with van der Waals surface area (Å²) in [6.45, 7) is 2.61. The Bertz CT molecular complexity index is 512. The number of hydrogen-bond acceptors (Lipinski definition) is 5. The molecule has 0 bridgehead atoms. The van der Waals surface area contributed by atoms with Gasteiger partial charge in [0.1, 0.15) is 6.04 Å². The molecule has 7 nitrogen and oxygen atoms in total. The molecule has 1 aromatic rings. The van der Waals surface area contributed by atoms with Crippen LogP contribution >= 0.6 is 0 Å². The van der Waals surface area contributed by atoms with Crippen LogP contribution in [-0.2, 0) is 4.79 Å². The highest BCUT2D eigenvalue weighted by molar-refractivity contribution is 5.96. The van der Waals surface area contributed by atoms with Gasteiger partial charge in [-0.15, -0.1) is 0 Å². The van der Waals surface area contributed by atoms with Gasteiger partial charge in [-0.2, -0.15) is 0 Å². The minimum atomic E-state index is -0.981. The third-order valence-corrected chi connectivity index (χ3v) is 3.92. The van der Waals surface area contributed by atoms with Gasteiger partial charge in [0, 0.05) is 18.9 Å². The molecule has 2 rings (SSSR count). The second-order valence-electron chi connectivity index (χ2n) is 5.51. The van der Waals surface area contributed by atoms with E-state index >= 15 is 0 Å². The summed E-state index contributed by atoms with van der Waals surface area (Å²) in [4.78, 5) is 31.7. The quantitative estimate of drug-likeness (QED) is 0.738. The zero-order valence-electron chi connectivity index (χ0n) is 12.7. The predicted octanol–water partition coefficient (Wildman–Crippen LogP) is 1.67. The molecule has 1 aromatic heterocycles. The molecule has 1 aliphatic rings. The molecule has 0 aliphatic heterocycles. The number of aliphatic carboxylic acids is 1. The van der Waals surface area contributed by atoms with E-state index in [1.54, 1.807) is 0 Å². The first-order chi connectivity index (χ1) is 10.6. The van der Waals surface area contributed by atoms with Crippen LogP contribution in [0.2, 0.25) is 0 Å². The predicted molar refractivity (Wildman–Crippen MR) is 81.7 cm³/mol. The average Bonchev–Trinajstić information content (AvgIpc) is 2.54. The Morgan fingerprint density at radius 2 is 1.91 bits per heavy atom. The molecule has 1 amide bonds. The van der Waals surface area contributed by atoms with Crippen molar-refractivity contribution in [3.05, 3.63) is 18.0 Å². The molecule has 0 unspecified atom stereocenters. The van der Waals surface area contributed by atoms with E-state index < -0.39 is 17.9 Å². The lowest BCUT2D eigenvalue weighted by molar-refractivity contribution is -0.141. The van der Waals surface area contributed by atoms with Crippen LogP contribution in [0.15, 0.2) is 12.4 Å². The molecule has 1 atom stereocenters. The molecular weight excluding hydrogens is 284 g/mol. The minimum Gasteiger partial charge on any atom is -0.480 e. The second kappa shape index (κ2) is 7.72. The Kier molecular flexibility index (Phi) is 5.68. The molecular formula is C15H22N4O3. The molecule has 0 spiro atoms. The normalized spacial score (nSPS) is 16.8. The van der Waals surface area contributed by atoms with Crippen molar-refractivity contribution in [3.63, 3.8) is 0 Å². The third-order valence-electron chi connectivity index (χ3n) is 3.92. The maximum atomic E-state index is 12.2. The Morgan fingerprint density at radius 1 is 1.27 bits per heavy atom. The number of nitrogens with zero attached hydrogens (tertiary/aromatic N) is 2. The molecule has 0 saturated heterocycles. The van der Waals surface area contributed by atoms with E-state index in [0.29, 0.717) is 12.5 Å². The fourth-order valence-electron chi connectivity index (χ4n) is 2.77. The molecule has 120 valence electrons. The number of carboxylic acid groups (broad SMARTS) is 1. The van der Waals surface area contributed by atoms with Crippen LogP contribution in [0.5, 0.6) is 0 Å². The number of amides is 1. The number of carboxylic acids is 1. The number of aromatic nitrogens is 2. The van der Waals surface area contributed by atoms with Crippen LogP contribution < -0.4 is 10.6 Å². The van der Waals surface area contributed by atoms with Crippen molar-refractivity contribution in [2.75, 3.05) is 11.9 Å². The van der Waals surface area contributed by atoms with E-state index in [4.69, 9.17) is 0 Å². The van der Waals surface area contributed by atoms with Gasteiger partial charge in [0.25, 0.3) is 5.91 Å². The summed E-state index contributed by atoms with van der Waals surface area (Å²) in [5.41, 5.74) is 0.267. The first kappa shape index (κ1) is 16.2. The molecule has 7 heteroatoms. The van der Waals surface area contributed by atoms with Crippen molar-refractivity contribution in [1.82, 2.24) is 15.3 Å². The zero-order chi connectivity index (χ0) is 15.9. The lowest BCUT2D eigenvalue weighted by Crippen LogP contribution is -2.46. The van der Waals surface area contributed by atoms with Crippen molar-refractivity contribution in [2.45, 2.75) is 45.1 Å². The summed E-state index contributed by atoms with van der Waals surface area (Å²) >= 11 is 0. The minimum absolute atomic E-state index is 0.00264.